The lowest BCUT2D eigenvalue weighted by Gasteiger charge is -2.12. The van der Waals surface area contributed by atoms with Crippen molar-refractivity contribution in [1.29, 1.82) is 0 Å². The van der Waals surface area contributed by atoms with Crippen LogP contribution in [0.3, 0.4) is 0 Å². The Bertz CT molecular complexity index is 759. The van der Waals surface area contributed by atoms with E-state index in [0.717, 1.165) is 12.8 Å². The van der Waals surface area contributed by atoms with Crippen molar-refractivity contribution in [3.8, 4) is 11.1 Å². The zero-order chi connectivity index (χ0) is 14.2. The van der Waals surface area contributed by atoms with Gasteiger partial charge in [0.25, 0.3) is 0 Å². The van der Waals surface area contributed by atoms with E-state index in [1.54, 1.807) is 11.1 Å². The zero-order valence-electron chi connectivity index (χ0n) is 12.5. The summed E-state index contributed by atoms with van der Waals surface area (Å²) >= 11 is 0. The molecule has 0 saturated heterocycles. The predicted octanol–water partition coefficient (Wildman–Crippen LogP) is 5.77. The van der Waals surface area contributed by atoms with Crippen molar-refractivity contribution >= 4 is 5.57 Å². The minimum absolute atomic E-state index is 1.09. The Morgan fingerprint density at radius 3 is 2.62 bits per heavy atom. The first-order valence-electron chi connectivity index (χ1n) is 7.97. The van der Waals surface area contributed by atoms with Crippen molar-refractivity contribution in [1.82, 2.24) is 0 Å². The fourth-order valence-electron chi connectivity index (χ4n) is 3.78. The quantitative estimate of drug-likeness (QED) is 0.567. The molecule has 0 radical (unpaired) electrons. The van der Waals surface area contributed by atoms with Gasteiger partial charge in [-0.1, -0.05) is 68.0 Å². The second kappa shape index (κ2) is 5.04. The molecule has 104 valence electrons. The van der Waals surface area contributed by atoms with E-state index in [2.05, 4.69) is 61.5 Å². The summed E-state index contributed by atoms with van der Waals surface area (Å²) < 4.78 is 0. The van der Waals surface area contributed by atoms with Gasteiger partial charge in [-0.05, 0) is 58.2 Å². The number of allylic oxidation sites excluding steroid dienone is 4. The fraction of sp³-hybridized carbons (Fsp3) is 0.238. The van der Waals surface area contributed by atoms with Gasteiger partial charge in [0.1, 0.15) is 0 Å². The highest BCUT2D eigenvalue weighted by molar-refractivity contribution is 5.85. The van der Waals surface area contributed by atoms with Crippen LogP contribution in [0.1, 0.15) is 42.9 Å². The predicted molar refractivity (Wildman–Crippen MR) is 90.3 cm³/mol. The van der Waals surface area contributed by atoms with Crippen LogP contribution in [0.25, 0.3) is 16.7 Å². The first kappa shape index (κ1) is 12.6. The third kappa shape index (κ3) is 1.98. The molecule has 0 heterocycles. The summed E-state index contributed by atoms with van der Waals surface area (Å²) in [5.74, 6) is 0. The zero-order valence-corrected chi connectivity index (χ0v) is 12.5. The molecule has 2 aliphatic rings. The highest BCUT2D eigenvalue weighted by Gasteiger charge is 2.23. The van der Waals surface area contributed by atoms with Gasteiger partial charge in [0.15, 0.2) is 0 Å². The SMILES string of the molecule is CCCC1=C(c2cccc3c2Cc2ccccc2-3)CC=C1. The summed E-state index contributed by atoms with van der Waals surface area (Å²) in [4.78, 5) is 0. The van der Waals surface area contributed by atoms with Crippen LogP contribution in [0.15, 0.2) is 60.2 Å². The van der Waals surface area contributed by atoms with Crippen molar-refractivity contribution < 1.29 is 0 Å². The summed E-state index contributed by atoms with van der Waals surface area (Å²) in [6.45, 7) is 2.27. The number of fused-ring (bicyclic) bond motifs is 3. The monoisotopic (exact) mass is 272 g/mol. The Labute approximate surface area is 126 Å². The maximum atomic E-state index is 2.33. The van der Waals surface area contributed by atoms with E-state index in [1.165, 1.54) is 40.7 Å². The average molecular weight is 272 g/mol. The summed E-state index contributed by atoms with van der Waals surface area (Å²) in [6.07, 6.45) is 9.26. The topological polar surface area (TPSA) is 0 Å². The van der Waals surface area contributed by atoms with Crippen LogP contribution in [0.2, 0.25) is 0 Å². The lowest BCUT2D eigenvalue weighted by Crippen LogP contribution is -1.93. The van der Waals surface area contributed by atoms with Gasteiger partial charge >= 0.3 is 0 Å². The minimum atomic E-state index is 1.09. The van der Waals surface area contributed by atoms with Gasteiger partial charge in [-0.3, -0.25) is 0 Å². The number of rotatable bonds is 3. The average Bonchev–Trinajstić information content (AvgIpc) is 3.11. The summed E-state index contributed by atoms with van der Waals surface area (Å²) in [5.41, 5.74) is 10.5. The number of hydrogen-bond donors (Lipinski definition) is 0. The van der Waals surface area contributed by atoms with Gasteiger partial charge in [-0.25, -0.2) is 0 Å². The van der Waals surface area contributed by atoms with E-state index in [0.29, 0.717) is 0 Å². The van der Waals surface area contributed by atoms with Crippen LogP contribution in [0.5, 0.6) is 0 Å². The van der Waals surface area contributed by atoms with Crippen LogP contribution in [-0.4, -0.2) is 0 Å². The molecule has 0 aromatic heterocycles. The number of hydrogen-bond acceptors (Lipinski definition) is 0. The smallest absolute Gasteiger partial charge is 0.000740 e. The Balaban J connectivity index is 1.86. The standard InChI is InChI=1S/C21H20/c1-2-7-15-9-5-11-17(15)19-12-6-13-20-18-10-4-3-8-16(18)14-21(19)20/h3-6,8-10,12-13H,2,7,11,14H2,1H3. The van der Waals surface area contributed by atoms with Crippen molar-refractivity contribution in [3.05, 3.63) is 76.9 Å². The van der Waals surface area contributed by atoms with Crippen molar-refractivity contribution in [2.75, 3.05) is 0 Å². The third-order valence-corrected chi connectivity index (χ3v) is 4.72. The van der Waals surface area contributed by atoms with Gasteiger partial charge in [-0.15, -0.1) is 0 Å². The van der Waals surface area contributed by atoms with Gasteiger partial charge < -0.3 is 0 Å². The number of benzene rings is 2. The van der Waals surface area contributed by atoms with Crippen LogP contribution < -0.4 is 0 Å². The summed E-state index contributed by atoms with van der Waals surface area (Å²) in [7, 11) is 0. The highest BCUT2D eigenvalue weighted by atomic mass is 14.3. The molecule has 0 fully saturated rings. The molecule has 0 saturated carbocycles. The van der Waals surface area contributed by atoms with Gasteiger partial charge in [0.2, 0.25) is 0 Å². The Morgan fingerprint density at radius 2 is 1.71 bits per heavy atom. The second-order valence-corrected chi connectivity index (χ2v) is 6.03. The molecular formula is C21H20. The van der Waals surface area contributed by atoms with Gasteiger partial charge in [0.05, 0.1) is 0 Å². The molecule has 0 bridgehead atoms. The normalized spacial score (nSPS) is 15.5. The first-order chi connectivity index (χ1) is 10.4. The van der Waals surface area contributed by atoms with Crippen LogP contribution in [-0.2, 0) is 6.42 Å². The Kier molecular flexibility index (Phi) is 3.03. The Hall–Kier alpha value is -2.08. The molecule has 0 atom stereocenters. The molecule has 4 rings (SSSR count). The first-order valence-corrected chi connectivity index (χ1v) is 7.97. The van der Waals surface area contributed by atoms with E-state index >= 15 is 0 Å². The molecule has 2 aromatic rings. The van der Waals surface area contributed by atoms with E-state index in [9.17, 15) is 0 Å². The van der Waals surface area contributed by atoms with Gasteiger partial charge in [-0.2, -0.15) is 0 Å². The molecular weight excluding hydrogens is 252 g/mol. The van der Waals surface area contributed by atoms with Crippen LogP contribution in [0, 0.1) is 0 Å². The molecule has 2 aromatic carbocycles. The molecule has 0 N–H and O–H groups in total. The highest BCUT2D eigenvalue weighted by Crippen LogP contribution is 2.42. The van der Waals surface area contributed by atoms with Crippen LogP contribution in [0.4, 0.5) is 0 Å². The van der Waals surface area contributed by atoms with E-state index < -0.39 is 0 Å². The minimum Gasteiger partial charge on any atom is -0.0798 e. The fourth-order valence-corrected chi connectivity index (χ4v) is 3.78. The van der Waals surface area contributed by atoms with Crippen molar-refractivity contribution in [3.63, 3.8) is 0 Å². The van der Waals surface area contributed by atoms with E-state index in [1.807, 2.05) is 0 Å². The largest absolute Gasteiger partial charge is 0.0798 e. The lowest BCUT2D eigenvalue weighted by molar-refractivity contribution is 0.930. The van der Waals surface area contributed by atoms with E-state index in [4.69, 9.17) is 0 Å². The Morgan fingerprint density at radius 1 is 0.905 bits per heavy atom. The summed E-state index contributed by atoms with van der Waals surface area (Å²) in [6, 6.07) is 15.7. The van der Waals surface area contributed by atoms with Gasteiger partial charge in [0, 0.05) is 0 Å². The molecule has 0 unspecified atom stereocenters. The molecule has 21 heavy (non-hydrogen) atoms. The molecule has 0 spiro atoms. The second-order valence-electron chi connectivity index (χ2n) is 6.03. The van der Waals surface area contributed by atoms with E-state index in [-0.39, 0.29) is 0 Å². The maximum Gasteiger partial charge on any atom is -0.000740 e. The maximum absolute atomic E-state index is 2.33. The third-order valence-electron chi connectivity index (χ3n) is 4.72. The molecule has 2 aliphatic carbocycles. The molecule has 0 aliphatic heterocycles. The van der Waals surface area contributed by atoms with Crippen molar-refractivity contribution in [2.45, 2.75) is 32.6 Å². The summed E-state index contributed by atoms with van der Waals surface area (Å²) in [5, 5.41) is 0. The molecule has 0 heteroatoms. The van der Waals surface area contributed by atoms with Crippen molar-refractivity contribution in [2.24, 2.45) is 0 Å². The molecule has 0 nitrogen and oxygen atoms in total. The van der Waals surface area contributed by atoms with Crippen LogP contribution >= 0.6 is 0 Å². The lowest BCUT2D eigenvalue weighted by atomic mass is 9.92. The molecule has 0 amide bonds.